The Kier molecular flexibility index (Phi) is 42.7. The molecule has 0 bridgehead atoms. The maximum absolute atomic E-state index is 13.1. The Morgan fingerprint density at radius 3 is 1.45 bits per heavy atom. The lowest BCUT2D eigenvalue weighted by Crippen LogP contribution is -2.46. The van der Waals surface area contributed by atoms with E-state index in [0.717, 1.165) is 70.6 Å². The number of unbranched alkanes of at least 4 members (excludes halogenated alkanes) is 27. The largest absolute Gasteiger partial charge is 0.462 e. The third-order valence-corrected chi connectivity index (χ3v) is 11.0. The van der Waals surface area contributed by atoms with Crippen LogP contribution in [0.3, 0.4) is 0 Å². The number of carbonyl (C=O) groups is 2. The summed E-state index contributed by atoms with van der Waals surface area (Å²) in [6.45, 7) is 6.34. The van der Waals surface area contributed by atoms with E-state index >= 15 is 0 Å². The van der Waals surface area contributed by atoms with E-state index < -0.39 is 18.2 Å². The highest BCUT2D eigenvalue weighted by Crippen LogP contribution is 2.18. The summed E-state index contributed by atoms with van der Waals surface area (Å²) in [7, 11) is 0. The van der Waals surface area contributed by atoms with Gasteiger partial charge in [-0.3, -0.25) is 9.59 Å². The Balaban J connectivity index is 4.55. The molecule has 6 nitrogen and oxygen atoms in total. The second kappa shape index (κ2) is 44.2. The molecule has 0 aromatic heterocycles. The summed E-state index contributed by atoms with van der Waals surface area (Å²) in [6.07, 6.45) is 50.6. The number of esters is 1. The molecule has 0 saturated carbocycles. The summed E-state index contributed by atoms with van der Waals surface area (Å²) in [5.41, 5.74) is 0. The number of nitrogens with one attached hydrogen (secondary N) is 1. The van der Waals surface area contributed by atoms with Crippen molar-refractivity contribution >= 4 is 11.9 Å². The van der Waals surface area contributed by atoms with Crippen molar-refractivity contribution in [3.8, 4) is 0 Å². The van der Waals surface area contributed by atoms with Crippen LogP contribution in [0.15, 0.2) is 36.5 Å². The van der Waals surface area contributed by atoms with Crippen LogP contribution in [0.1, 0.15) is 245 Å². The molecule has 0 radical (unpaired) electrons. The molecule has 0 aliphatic heterocycles. The van der Waals surface area contributed by atoms with Gasteiger partial charge >= 0.3 is 5.97 Å². The molecule has 328 valence electrons. The zero-order valence-corrected chi connectivity index (χ0v) is 37.3. The van der Waals surface area contributed by atoms with Crippen LogP contribution < -0.4 is 5.32 Å². The van der Waals surface area contributed by atoms with Crippen LogP contribution in [0.4, 0.5) is 0 Å². The lowest BCUT2D eigenvalue weighted by molar-refractivity contribution is -0.151. The van der Waals surface area contributed by atoms with E-state index in [0.29, 0.717) is 19.3 Å². The molecule has 6 heteroatoms. The highest BCUT2D eigenvalue weighted by Gasteiger charge is 2.24. The molecule has 0 heterocycles. The van der Waals surface area contributed by atoms with Crippen molar-refractivity contribution in [1.82, 2.24) is 5.32 Å². The fraction of sp³-hybridized carbons (Fsp3) is 0.840. The van der Waals surface area contributed by atoms with Gasteiger partial charge in [0.2, 0.25) is 5.91 Å². The molecule has 0 aromatic carbocycles. The lowest BCUT2D eigenvalue weighted by Gasteiger charge is -2.24. The molecule has 0 saturated heterocycles. The van der Waals surface area contributed by atoms with E-state index in [2.05, 4.69) is 50.4 Å². The van der Waals surface area contributed by atoms with Crippen molar-refractivity contribution in [2.45, 2.75) is 264 Å². The van der Waals surface area contributed by atoms with E-state index in [4.69, 9.17) is 4.74 Å². The van der Waals surface area contributed by atoms with E-state index in [-0.39, 0.29) is 24.9 Å². The first-order valence-electron chi connectivity index (χ1n) is 24.2. The van der Waals surface area contributed by atoms with Crippen molar-refractivity contribution < 1.29 is 24.5 Å². The summed E-state index contributed by atoms with van der Waals surface area (Å²) in [4.78, 5) is 26.0. The monoisotopic (exact) mass is 788 g/mol. The Labute approximate surface area is 347 Å². The van der Waals surface area contributed by atoms with Crippen LogP contribution in [0.25, 0.3) is 0 Å². The minimum Gasteiger partial charge on any atom is -0.462 e. The van der Waals surface area contributed by atoms with E-state index in [9.17, 15) is 19.8 Å². The summed E-state index contributed by atoms with van der Waals surface area (Å²) < 4.78 is 5.89. The molecule has 0 fully saturated rings. The number of carbonyl (C=O) groups excluding carboxylic acids is 2. The molecular weight excluding hydrogens is 695 g/mol. The quantitative estimate of drug-likeness (QED) is 0.0325. The molecule has 0 aliphatic carbocycles. The molecule has 0 rings (SSSR count). The zero-order chi connectivity index (χ0) is 41.0. The van der Waals surface area contributed by atoms with Gasteiger partial charge < -0.3 is 20.3 Å². The fourth-order valence-electron chi connectivity index (χ4n) is 7.37. The summed E-state index contributed by atoms with van der Waals surface area (Å²) in [6, 6.07) is -0.708. The molecular formula is C50H93NO5. The van der Waals surface area contributed by atoms with Crippen LogP contribution in [-0.4, -0.2) is 46.9 Å². The molecule has 1 amide bonds. The van der Waals surface area contributed by atoms with Gasteiger partial charge in [0.1, 0.15) is 6.10 Å². The van der Waals surface area contributed by atoms with Crippen LogP contribution in [0, 0.1) is 0 Å². The zero-order valence-electron chi connectivity index (χ0n) is 37.3. The lowest BCUT2D eigenvalue weighted by atomic mass is 10.0. The topological polar surface area (TPSA) is 95.9 Å². The van der Waals surface area contributed by atoms with Gasteiger partial charge in [-0.2, -0.15) is 0 Å². The Morgan fingerprint density at radius 2 is 0.964 bits per heavy atom. The smallest absolute Gasteiger partial charge is 0.306 e. The standard InChI is InChI=1S/C50H93NO5/c1-4-7-10-13-16-19-22-24-25-27-30-33-36-39-42-48(53)47(45-52)51-49(54)44-46(41-38-35-32-29-26-21-18-15-12-9-6-3)56-50(55)43-40-37-34-31-28-23-20-17-14-11-8-5-2/h9,12,15,18,21,26,46-48,52-53H,4-8,10-11,13-14,16-17,19-20,22-25,27-45H2,1-3H3,(H,51,54)/b12-9+,18-15+,26-21-. The van der Waals surface area contributed by atoms with Crippen LogP contribution in [0.5, 0.6) is 0 Å². The number of allylic oxidation sites excluding steroid dienone is 6. The van der Waals surface area contributed by atoms with Crippen molar-refractivity contribution in [2.75, 3.05) is 6.61 Å². The maximum atomic E-state index is 13.1. The molecule has 3 N–H and O–H groups in total. The van der Waals surface area contributed by atoms with Crippen molar-refractivity contribution in [3.05, 3.63) is 36.5 Å². The number of ether oxygens (including phenoxy) is 1. The van der Waals surface area contributed by atoms with Crippen molar-refractivity contribution in [2.24, 2.45) is 0 Å². The number of amides is 1. The van der Waals surface area contributed by atoms with Gasteiger partial charge in [-0.15, -0.1) is 0 Å². The minimum atomic E-state index is -0.793. The molecule has 0 aliphatic rings. The first-order chi connectivity index (χ1) is 27.5. The summed E-state index contributed by atoms with van der Waals surface area (Å²) in [5.74, 6) is -0.502. The van der Waals surface area contributed by atoms with Gasteiger partial charge in [-0.05, 0) is 44.9 Å². The van der Waals surface area contributed by atoms with Crippen LogP contribution >= 0.6 is 0 Å². The highest BCUT2D eigenvalue weighted by atomic mass is 16.5. The van der Waals surface area contributed by atoms with Crippen LogP contribution in [0.2, 0.25) is 0 Å². The fourth-order valence-corrected chi connectivity index (χ4v) is 7.37. The summed E-state index contributed by atoms with van der Waals surface area (Å²) >= 11 is 0. The minimum absolute atomic E-state index is 0.0578. The molecule has 3 unspecified atom stereocenters. The number of rotatable bonds is 43. The third kappa shape index (κ3) is 38.9. The first kappa shape index (κ1) is 54.1. The Bertz CT molecular complexity index is 930. The van der Waals surface area contributed by atoms with E-state index in [1.54, 1.807) is 0 Å². The number of aliphatic hydroxyl groups excluding tert-OH is 2. The Morgan fingerprint density at radius 1 is 0.536 bits per heavy atom. The Hall–Kier alpha value is -1.92. The average Bonchev–Trinajstić information content (AvgIpc) is 3.19. The normalized spacial score (nSPS) is 13.6. The molecule has 0 spiro atoms. The summed E-state index contributed by atoms with van der Waals surface area (Å²) in [5, 5.41) is 23.7. The second-order valence-corrected chi connectivity index (χ2v) is 16.6. The highest BCUT2D eigenvalue weighted by molar-refractivity contribution is 5.77. The number of hydrogen-bond acceptors (Lipinski definition) is 5. The number of aliphatic hydroxyl groups is 2. The molecule has 0 aromatic rings. The number of hydrogen-bond donors (Lipinski definition) is 3. The van der Waals surface area contributed by atoms with Gasteiger partial charge in [0.05, 0.1) is 25.2 Å². The predicted octanol–water partition coefficient (Wildman–Crippen LogP) is 14.1. The second-order valence-electron chi connectivity index (χ2n) is 16.6. The van der Waals surface area contributed by atoms with Gasteiger partial charge in [-0.25, -0.2) is 0 Å². The predicted molar refractivity (Wildman–Crippen MR) is 241 cm³/mol. The molecule has 3 atom stereocenters. The van der Waals surface area contributed by atoms with Gasteiger partial charge in [0, 0.05) is 6.42 Å². The van der Waals surface area contributed by atoms with Crippen molar-refractivity contribution in [1.29, 1.82) is 0 Å². The molecule has 56 heavy (non-hydrogen) atoms. The third-order valence-electron chi connectivity index (χ3n) is 11.0. The first-order valence-corrected chi connectivity index (χ1v) is 24.2. The van der Waals surface area contributed by atoms with Gasteiger partial charge in [-0.1, -0.05) is 224 Å². The maximum Gasteiger partial charge on any atom is 0.306 e. The van der Waals surface area contributed by atoms with E-state index in [1.807, 2.05) is 12.2 Å². The van der Waals surface area contributed by atoms with E-state index in [1.165, 1.54) is 128 Å². The van der Waals surface area contributed by atoms with Gasteiger partial charge in [0.15, 0.2) is 0 Å². The van der Waals surface area contributed by atoms with Crippen molar-refractivity contribution in [3.63, 3.8) is 0 Å². The average molecular weight is 788 g/mol. The SMILES string of the molecule is CC/C=C/C=C/C=C\CCCCCC(CC(=O)NC(CO)C(O)CCCCCCCCCCCCCCCC)OC(=O)CCCCCCCCCCCCCC. The van der Waals surface area contributed by atoms with Crippen LogP contribution in [-0.2, 0) is 14.3 Å². The van der Waals surface area contributed by atoms with Gasteiger partial charge in [0.25, 0.3) is 0 Å².